The van der Waals surface area contributed by atoms with E-state index in [1.165, 1.54) is 0 Å². The molecule has 2 nitrogen and oxygen atoms in total. The van der Waals surface area contributed by atoms with Crippen LogP contribution in [0.25, 0.3) is 0 Å². The quantitative estimate of drug-likeness (QED) is 0.604. The summed E-state index contributed by atoms with van der Waals surface area (Å²) in [5.74, 6) is 0. The molecule has 0 saturated carbocycles. The predicted octanol–water partition coefficient (Wildman–Crippen LogP) is 1.12. The van der Waals surface area contributed by atoms with Crippen molar-refractivity contribution in [2.45, 2.75) is 12.5 Å². The van der Waals surface area contributed by atoms with Gasteiger partial charge in [0.1, 0.15) is 0 Å². The van der Waals surface area contributed by atoms with E-state index in [1.54, 1.807) is 0 Å². The molecule has 0 aromatic carbocycles. The van der Waals surface area contributed by atoms with Crippen LogP contribution in [0.15, 0.2) is 29.4 Å². The summed E-state index contributed by atoms with van der Waals surface area (Å²) in [6.45, 7) is 2.06. The normalized spacial score (nSPS) is 30.2. The minimum atomic E-state index is -0.108. The largest absolute Gasteiger partial charge is 0.394 e. The van der Waals surface area contributed by atoms with Gasteiger partial charge in [0.05, 0.1) is 5.54 Å². The number of aliphatic imine (C=N–C) groups is 1. The second kappa shape index (κ2) is 2.69. The van der Waals surface area contributed by atoms with Crippen LogP contribution in [0.3, 0.4) is 0 Å². The van der Waals surface area contributed by atoms with Crippen LogP contribution < -0.4 is 5.32 Å². The molecule has 1 atom stereocenters. The Balaban J connectivity index is 2.61. The fourth-order valence-electron chi connectivity index (χ4n) is 0.835. The van der Waals surface area contributed by atoms with Crippen molar-refractivity contribution in [3.05, 3.63) is 24.4 Å². The SMILES string of the molecule is CN/C=C\C1(C)C=CC=N1. The first-order chi connectivity index (χ1) is 4.77. The molecule has 1 aliphatic rings. The maximum atomic E-state index is 4.24. The Hall–Kier alpha value is -1.05. The van der Waals surface area contributed by atoms with Crippen molar-refractivity contribution >= 4 is 6.21 Å². The maximum Gasteiger partial charge on any atom is 0.0960 e. The molecule has 0 aliphatic carbocycles. The fraction of sp³-hybridized carbons (Fsp3) is 0.375. The third-order valence-corrected chi connectivity index (χ3v) is 1.46. The Morgan fingerprint density at radius 2 is 2.40 bits per heavy atom. The second-order valence-electron chi connectivity index (χ2n) is 2.49. The van der Waals surface area contributed by atoms with Crippen molar-refractivity contribution in [3.63, 3.8) is 0 Å². The highest BCUT2D eigenvalue weighted by molar-refractivity contribution is 5.75. The fourth-order valence-corrected chi connectivity index (χ4v) is 0.835. The Bertz CT molecular complexity index is 177. The molecule has 10 heavy (non-hydrogen) atoms. The van der Waals surface area contributed by atoms with Gasteiger partial charge >= 0.3 is 0 Å². The third-order valence-electron chi connectivity index (χ3n) is 1.46. The summed E-state index contributed by atoms with van der Waals surface area (Å²) in [7, 11) is 1.88. The Labute approximate surface area is 61.4 Å². The molecule has 54 valence electrons. The van der Waals surface area contributed by atoms with Gasteiger partial charge in [0.15, 0.2) is 0 Å². The molecule has 1 N–H and O–H groups in total. The molecule has 0 fully saturated rings. The Morgan fingerprint density at radius 3 is 2.90 bits per heavy atom. The predicted molar refractivity (Wildman–Crippen MR) is 44.2 cm³/mol. The second-order valence-corrected chi connectivity index (χ2v) is 2.49. The molecule has 0 spiro atoms. The van der Waals surface area contributed by atoms with Crippen LogP contribution in [0.1, 0.15) is 6.92 Å². The van der Waals surface area contributed by atoms with Gasteiger partial charge in [-0.15, -0.1) is 0 Å². The van der Waals surface area contributed by atoms with Crippen molar-refractivity contribution in [3.8, 4) is 0 Å². The average molecular weight is 136 g/mol. The van der Waals surface area contributed by atoms with Crippen molar-refractivity contribution in [1.82, 2.24) is 5.32 Å². The maximum absolute atomic E-state index is 4.24. The summed E-state index contributed by atoms with van der Waals surface area (Å²) in [5, 5.41) is 2.93. The van der Waals surface area contributed by atoms with E-state index in [1.807, 2.05) is 31.6 Å². The Kier molecular flexibility index (Phi) is 1.90. The molecule has 0 aromatic heterocycles. The van der Waals surface area contributed by atoms with E-state index < -0.39 is 0 Å². The zero-order valence-corrected chi connectivity index (χ0v) is 6.33. The van der Waals surface area contributed by atoms with Crippen LogP contribution >= 0.6 is 0 Å². The van der Waals surface area contributed by atoms with E-state index in [0.717, 1.165) is 0 Å². The van der Waals surface area contributed by atoms with Crippen LogP contribution in [0, 0.1) is 0 Å². The molecule has 1 rings (SSSR count). The van der Waals surface area contributed by atoms with Gasteiger partial charge in [-0.3, -0.25) is 4.99 Å². The van der Waals surface area contributed by atoms with Gasteiger partial charge in [-0.25, -0.2) is 0 Å². The third kappa shape index (κ3) is 1.47. The lowest BCUT2D eigenvalue weighted by atomic mass is 10.1. The lowest BCUT2D eigenvalue weighted by molar-refractivity contribution is 0.748. The Morgan fingerprint density at radius 1 is 1.60 bits per heavy atom. The summed E-state index contributed by atoms with van der Waals surface area (Å²) in [6.07, 6.45) is 9.75. The zero-order valence-electron chi connectivity index (χ0n) is 6.33. The molecular formula is C8H12N2. The number of hydrogen-bond acceptors (Lipinski definition) is 2. The first-order valence-corrected chi connectivity index (χ1v) is 3.35. The molecule has 0 amide bonds. The van der Waals surface area contributed by atoms with Gasteiger partial charge < -0.3 is 5.32 Å². The summed E-state index contributed by atoms with van der Waals surface area (Å²) in [6, 6.07) is 0. The topological polar surface area (TPSA) is 24.4 Å². The van der Waals surface area contributed by atoms with E-state index in [-0.39, 0.29) is 5.54 Å². The van der Waals surface area contributed by atoms with Gasteiger partial charge in [0.25, 0.3) is 0 Å². The van der Waals surface area contributed by atoms with Crippen molar-refractivity contribution in [2.24, 2.45) is 4.99 Å². The summed E-state index contributed by atoms with van der Waals surface area (Å²) >= 11 is 0. The van der Waals surface area contributed by atoms with Crippen LogP contribution in [-0.2, 0) is 0 Å². The number of allylic oxidation sites excluding steroid dienone is 1. The highest BCUT2D eigenvalue weighted by atomic mass is 14.9. The first kappa shape index (κ1) is 7.06. The van der Waals surface area contributed by atoms with Gasteiger partial charge in [-0.1, -0.05) is 6.08 Å². The molecule has 1 aliphatic heterocycles. The first-order valence-electron chi connectivity index (χ1n) is 3.35. The minimum Gasteiger partial charge on any atom is -0.394 e. The van der Waals surface area contributed by atoms with Gasteiger partial charge in [0, 0.05) is 13.3 Å². The molecular weight excluding hydrogens is 124 g/mol. The summed E-state index contributed by atoms with van der Waals surface area (Å²) in [4.78, 5) is 4.24. The number of nitrogens with one attached hydrogen (secondary N) is 1. The van der Waals surface area contributed by atoms with E-state index in [9.17, 15) is 0 Å². The van der Waals surface area contributed by atoms with E-state index in [2.05, 4.69) is 23.3 Å². The standard InChI is InChI=1S/C8H12N2/c1-8(5-7-9-2)4-3-6-10-8/h3-7,9H,1-2H3/b7-5-. The van der Waals surface area contributed by atoms with Crippen LogP contribution in [-0.4, -0.2) is 18.8 Å². The molecule has 1 unspecified atom stereocenters. The van der Waals surface area contributed by atoms with Crippen molar-refractivity contribution < 1.29 is 0 Å². The molecule has 0 aromatic rings. The molecule has 0 radical (unpaired) electrons. The number of rotatable bonds is 2. The van der Waals surface area contributed by atoms with Gasteiger partial charge in [-0.05, 0) is 25.3 Å². The molecule has 0 saturated heterocycles. The van der Waals surface area contributed by atoms with E-state index in [4.69, 9.17) is 0 Å². The van der Waals surface area contributed by atoms with E-state index in [0.29, 0.717) is 0 Å². The molecule has 2 heteroatoms. The van der Waals surface area contributed by atoms with Crippen LogP contribution in [0.2, 0.25) is 0 Å². The summed E-state index contributed by atoms with van der Waals surface area (Å²) < 4.78 is 0. The zero-order chi connectivity index (χ0) is 7.45. The lowest BCUT2D eigenvalue weighted by Gasteiger charge is -2.11. The smallest absolute Gasteiger partial charge is 0.0960 e. The van der Waals surface area contributed by atoms with E-state index >= 15 is 0 Å². The number of hydrogen-bond donors (Lipinski definition) is 1. The molecule has 1 heterocycles. The van der Waals surface area contributed by atoms with Crippen molar-refractivity contribution in [1.29, 1.82) is 0 Å². The van der Waals surface area contributed by atoms with Gasteiger partial charge in [-0.2, -0.15) is 0 Å². The number of nitrogens with zero attached hydrogens (tertiary/aromatic N) is 1. The highest BCUT2D eigenvalue weighted by Gasteiger charge is 2.15. The van der Waals surface area contributed by atoms with Crippen molar-refractivity contribution in [2.75, 3.05) is 7.05 Å². The lowest BCUT2D eigenvalue weighted by Crippen LogP contribution is -2.12. The molecule has 0 bridgehead atoms. The van der Waals surface area contributed by atoms with Crippen LogP contribution in [0.4, 0.5) is 0 Å². The highest BCUT2D eigenvalue weighted by Crippen LogP contribution is 2.16. The monoisotopic (exact) mass is 136 g/mol. The summed E-state index contributed by atoms with van der Waals surface area (Å²) in [5.41, 5.74) is -0.108. The average Bonchev–Trinajstić information content (AvgIpc) is 2.33. The van der Waals surface area contributed by atoms with Crippen LogP contribution in [0.5, 0.6) is 0 Å². The minimum absolute atomic E-state index is 0.108. The van der Waals surface area contributed by atoms with Gasteiger partial charge in [0.2, 0.25) is 0 Å².